The highest BCUT2D eigenvalue weighted by Crippen LogP contribution is 2.32. The van der Waals surface area contributed by atoms with Gasteiger partial charge in [-0.15, -0.1) is 32.4 Å². The van der Waals surface area contributed by atoms with E-state index in [9.17, 15) is 9.90 Å². The maximum Gasteiger partial charge on any atom is 0.269 e. The van der Waals surface area contributed by atoms with Gasteiger partial charge in [-0.05, 0) is 40.4 Å². The van der Waals surface area contributed by atoms with Gasteiger partial charge in [-0.25, -0.2) is 4.98 Å². The van der Waals surface area contributed by atoms with Crippen LogP contribution >= 0.6 is 9.39 Å². The smallest absolute Gasteiger partial charge is 0.269 e. The molecular weight excluding hydrogens is 599 g/mol. The van der Waals surface area contributed by atoms with Crippen molar-refractivity contribution in [3.05, 3.63) is 34.9 Å². The van der Waals surface area contributed by atoms with E-state index in [2.05, 4.69) is 24.5 Å². The van der Waals surface area contributed by atoms with Gasteiger partial charge in [-0.1, -0.05) is 21.9 Å². The van der Waals surface area contributed by atoms with Crippen molar-refractivity contribution >= 4 is 152 Å². The maximum absolute atomic E-state index is 13.8. The Morgan fingerprint density at radius 1 is 0.872 bits per heavy atom. The molecule has 2 aromatic carbocycles. The number of nitrogens with zero attached hydrogens (tertiary/aromatic N) is 7. The molecule has 5 rings (SSSR count). The highest BCUT2D eigenvalue weighted by molar-refractivity contribution is 7.21. The number of hydrogen-bond donors (Lipinski definition) is 1. The summed E-state index contributed by atoms with van der Waals surface area (Å²) >= 11 is 0. The van der Waals surface area contributed by atoms with Crippen LogP contribution in [0.25, 0.3) is 11.2 Å². The number of amides is 1. The number of aryl methyl sites for hydroxylation is 2. The van der Waals surface area contributed by atoms with Crippen LogP contribution in [0.5, 0.6) is 11.6 Å². The molecule has 0 saturated heterocycles. The lowest BCUT2D eigenvalue weighted by atomic mass is 9.56. The van der Waals surface area contributed by atoms with Crippen LogP contribution in [0, 0.1) is 0 Å². The molecular formula is C27H19B9N7O3P. The van der Waals surface area contributed by atoms with Crippen LogP contribution in [-0.4, -0.2) is 118 Å². The summed E-state index contributed by atoms with van der Waals surface area (Å²) < 4.78 is 10.0. The van der Waals surface area contributed by atoms with Crippen LogP contribution in [0.1, 0.15) is 47.1 Å². The average Bonchev–Trinajstić information content (AvgIpc) is 3.70. The van der Waals surface area contributed by atoms with Crippen LogP contribution < -0.4 is 58.6 Å². The third-order valence-corrected chi connectivity index (χ3v) is 8.47. The Morgan fingerprint density at radius 3 is 1.89 bits per heavy atom. The van der Waals surface area contributed by atoms with Crippen molar-refractivity contribution in [1.82, 2.24) is 29.3 Å². The highest BCUT2D eigenvalue weighted by Gasteiger charge is 2.32. The number of methoxy groups -OCH3 is 1. The van der Waals surface area contributed by atoms with Crippen LogP contribution in [0.4, 0.5) is 5.95 Å². The minimum atomic E-state index is -1.15. The quantitative estimate of drug-likeness (QED) is 0.136. The number of pyridine rings is 1. The Labute approximate surface area is 286 Å². The number of hydrogen-bond acceptors (Lipinski definition) is 7. The van der Waals surface area contributed by atoms with Crippen LogP contribution in [0.15, 0.2) is 12.4 Å². The zero-order valence-corrected chi connectivity index (χ0v) is 27.0. The third-order valence-electron chi connectivity index (χ3n) is 8.01. The molecule has 0 saturated carbocycles. The number of rotatable bonds is 8. The lowest BCUT2D eigenvalue weighted by molar-refractivity contribution is 0.100. The largest absolute Gasteiger partial charge is 0.509 e. The molecule has 1 amide bonds. The molecule has 2 atom stereocenters. The first-order valence-electron chi connectivity index (χ1n) is 14.1. The Balaban J connectivity index is 1.85. The number of aromatic nitrogens is 6. The Kier molecular flexibility index (Phi) is 9.62. The monoisotopic (exact) mass is 619 g/mol. The molecule has 3 aromatic heterocycles. The average molecular weight is 618 g/mol. The number of phenolic OH excluding ortho intramolecular Hbond substituents is 1. The van der Waals surface area contributed by atoms with Crippen LogP contribution in [0.2, 0.25) is 0 Å². The molecule has 5 aromatic rings. The van der Waals surface area contributed by atoms with E-state index in [1.54, 1.807) is 15.3 Å². The summed E-state index contributed by atoms with van der Waals surface area (Å²) in [6, 6.07) is 1.57. The number of fused-ring (bicyclic) bond motifs is 1. The summed E-state index contributed by atoms with van der Waals surface area (Å²) in [7, 11) is 60.8. The number of aromatic hydroxyl groups is 1. The molecule has 3 heterocycles. The highest BCUT2D eigenvalue weighted by atomic mass is 31.0. The fraction of sp³-hybridized carbons (Fsp3) is 0.222. The van der Waals surface area contributed by atoms with Gasteiger partial charge in [0.05, 0.1) is 24.3 Å². The second-order valence-electron chi connectivity index (χ2n) is 10.5. The SMILES string of the molecule is [B]c1c([B])c([B])c(C(c2c([B])c([B])c(O)c([B])c2[B])c2nc3nc(OC)c(C(=O)N(P)c4ncn(CC)n4)cc3n2CC)c([B])c1[B]. The molecule has 20 heteroatoms. The van der Waals surface area contributed by atoms with Crippen molar-refractivity contribution in [2.45, 2.75) is 32.9 Å². The van der Waals surface area contributed by atoms with E-state index >= 15 is 0 Å². The number of ether oxygens (including phenoxy) is 1. The first kappa shape index (κ1) is 34.6. The Hall–Kier alpha value is -3.72. The zero-order chi connectivity index (χ0) is 34.6. The summed E-state index contributed by atoms with van der Waals surface area (Å²) in [6.45, 7) is 4.56. The first-order valence-corrected chi connectivity index (χ1v) is 14.6. The number of anilines is 1. The van der Waals surface area contributed by atoms with E-state index in [4.69, 9.17) is 80.3 Å². The summed E-state index contributed by atoms with van der Waals surface area (Å²) in [5.41, 5.74) is 0.0384. The van der Waals surface area contributed by atoms with E-state index in [-0.39, 0.29) is 95.7 Å². The van der Waals surface area contributed by atoms with Crippen LogP contribution in [0.3, 0.4) is 0 Å². The minimum Gasteiger partial charge on any atom is -0.509 e. The summed E-state index contributed by atoms with van der Waals surface area (Å²) in [4.78, 5) is 27.3. The van der Waals surface area contributed by atoms with E-state index < -0.39 is 17.6 Å². The second kappa shape index (κ2) is 13.1. The first-order chi connectivity index (χ1) is 22.2. The van der Waals surface area contributed by atoms with Gasteiger partial charge >= 0.3 is 0 Å². The molecule has 1 N–H and O–H groups in total. The molecule has 18 radical (unpaired) electrons. The molecule has 0 aliphatic rings. The Morgan fingerprint density at radius 2 is 1.40 bits per heavy atom. The Bertz CT molecular complexity index is 1960. The summed E-state index contributed by atoms with van der Waals surface area (Å²) in [5.74, 6) is -1.82. The van der Waals surface area contributed by atoms with Crippen molar-refractivity contribution < 1.29 is 14.6 Å². The number of imidazole rings is 1. The van der Waals surface area contributed by atoms with Gasteiger partial charge in [0, 0.05) is 13.1 Å². The van der Waals surface area contributed by atoms with Gasteiger partial charge in [-0.2, -0.15) is 9.97 Å². The molecule has 0 fully saturated rings. The van der Waals surface area contributed by atoms with Gasteiger partial charge in [0.15, 0.2) is 5.65 Å². The molecule has 212 valence electrons. The predicted octanol–water partition coefficient (Wildman–Crippen LogP) is -6.46. The minimum absolute atomic E-state index is 0.0213. The normalized spacial score (nSPS) is 12.0. The summed E-state index contributed by atoms with van der Waals surface area (Å²) in [6.07, 6.45) is 1.51. The number of carbonyl (C=O) groups is 1. The lowest BCUT2D eigenvalue weighted by Gasteiger charge is -2.32. The molecule has 2 unspecified atom stereocenters. The van der Waals surface area contributed by atoms with E-state index in [1.807, 2.05) is 13.8 Å². The van der Waals surface area contributed by atoms with E-state index in [1.165, 1.54) is 18.1 Å². The molecule has 10 nitrogen and oxygen atoms in total. The topological polar surface area (TPSA) is 111 Å². The van der Waals surface area contributed by atoms with Crippen molar-refractivity contribution in [3.63, 3.8) is 0 Å². The molecule has 47 heavy (non-hydrogen) atoms. The molecule has 0 aliphatic carbocycles. The van der Waals surface area contributed by atoms with Gasteiger partial charge < -0.3 is 14.4 Å². The van der Waals surface area contributed by atoms with Gasteiger partial charge in [0.1, 0.15) is 88.3 Å². The zero-order valence-electron chi connectivity index (χ0n) is 25.8. The fourth-order valence-corrected chi connectivity index (χ4v) is 5.67. The van der Waals surface area contributed by atoms with Gasteiger partial charge in [-0.3, -0.25) is 14.1 Å². The van der Waals surface area contributed by atoms with Crippen LogP contribution in [-0.2, 0) is 13.1 Å². The van der Waals surface area contributed by atoms with Crippen molar-refractivity contribution in [3.8, 4) is 11.6 Å². The third kappa shape index (κ3) is 5.54. The van der Waals surface area contributed by atoms with Crippen molar-refractivity contribution in [2.75, 3.05) is 11.8 Å². The summed E-state index contributed by atoms with van der Waals surface area (Å²) in [5, 5.41) is 14.8. The van der Waals surface area contributed by atoms with Crippen molar-refractivity contribution in [1.29, 1.82) is 0 Å². The maximum atomic E-state index is 13.8. The lowest BCUT2D eigenvalue weighted by Crippen LogP contribution is -2.57. The molecule has 0 bridgehead atoms. The van der Waals surface area contributed by atoms with Gasteiger partial charge in [0.2, 0.25) is 5.88 Å². The van der Waals surface area contributed by atoms with E-state index in [0.29, 0.717) is 12.1 Å². The number of carbonyl (C=O) groups excluding carboxylic acids is 1. The standard InChI is InChI=1S/C27H19B9N7O3P/c1-4-41-7-37-27(40-41)43(47)26(45)8-6-9-23(39-25(8)46-3)38-24(42(9)5-2)10(11-13(28)17(32)19(34)18(33)14(11)29)12-15(30)20(35)22(44)21(36)16(12)31/h6-7,10,44H,4-5,47H2,1-3H3. The van der Waals surface area contributed by atoms with E-state index in [0.717, 1.165) is 0 Å². The second-order valence-corrected chi connectivity index (χ2v) is 11.0. The van der Waals surface area contributed by atoms with Crippen molar-refractivity contribution in [2.24, 2.45) is 0 Å². The molecule has 0 spiro atoms. The predicted molar refractivity (Wildman–Crippen MR) is 196 cm³/mol. The number of benzene rings is 2. The van der Waals surface area contributed by atoms with Gasteiger partial charge in [0.25, 0.3) is 11.9 Å². The molecule has 0 aliphatic heterocycles. The number of phenols is 1. The fourth-order valence-electron chi connectivity index (χ4n) is 5.41.